The van der Waals surface area contributed by atoms with Gasteiger partial charge in [0.15, 0.2) is 9.84 Å². The maximum absolute atomic E-state index is 13.0. The molecule has 0 unspecified atom stereocenters. The monoisotopic (exact) mass is 413 g/mol. The molecule has 0 radical (unpaired) electrons. The number of benzene rings is 2. The van der Waals surface area contributed by atoms with E-state index < -0.39 is 19.9 Å². The minimum absolute atomic E-state index is 0.0861. The number of halogens is 1. The fourth-order valence-electron chi connectivity index (χ4n) is 2.94. The third kappa shape index (κ3) is 4.85. The van der Waals surface area contributed by atoms with Crippen LogP contribution in [0.1, 0.15) is 30.0 Å². The van der Waals surface area contributed by atoms with Crippen molar-refractivity contribution in [2.45, 2.75) is 29.5 Å². The molecule has 1 aliphatic carbocycles. The van der Waals surface area contributed by atoms with Crippen LogP contribution in [0.3, 0.4) is 0 Å². The second kappa shape index (κ2) is 7.31. The van der Waals surface area contributed by atoms with Gasteiger partial charge in [-0.3, -0.25) is 0 Å². The molecule has 0 saturated heterocycles. The Labute approximate surface area is 159 Å². The lowest BCUT2D eigenvalue weighted by atomic mass is 10.0. The van der Waals surface area contributed by atoms with Crippen molar-refractivity contribution in [1.82, 2.24) is 4.72 Å². The molecule has 0 spiro atoms. The third-order valence-electron chi connectivity index (χ3n) is 4.27. The van der Waals surface area contributed by atoms with Gasteiger partial charge >= 0.3 is 0 Å². The number of rotatable bonds is 7. The number of hydrogen-bond acceptors (Lipinski definition) is 4. The van der Waals surface area contributed by atoms with Crippen LogP contribution in [0, 0.1) is 5.92 Å². The Morgan fingerprint density at radius 1 is 1.08 bits per heavy atom. The molecule has 0 bridgehead atoms. The van der Waals surface area contributed by atoms with Gasteiger partial charge in [-0.05, 0) is 42.0 Å². The SMILES string of the molecule is CS(=O)(=O)Cc1ccc(Cl)cc1S(=O)(=O)N[C@H](c1ccccc1)C1CC1. The Hall–Kier alpha value is -1.41. The number of hydrogen-bond donors (Lipinski definition) is 1. The first-order valence-electron chi connectivity index (χ1n) is 8.19. The van der Waals surface area contributed by atoms with E-state index in [2.05, 4.69) is 4.72 Å². The molecule has 0 heterocycles. The quantitative estimate of drug-likeness (QED) is 0.755. The van der Waals surface area contributed by atoms with Gasteiger partial charge in [-0.2, -0.15) is 0 Å². The van der Waals surface area contributed by atoms with Crippen LogP contribution >= 0.6 is 11.6 Å². The first-order valence-corrected chi connectivity index (χ1v) is 12.1. The topological polar surface area (TPSA) is 80.3 Å². The Morgan fingerprint density at radius 3 is 2.31 bits per heavy atom. The van der Waals surface area contributed by atoms with Crippen LogP contribution in [0.4, 0.5) is 0 Å². The molecule has 1 aliphatic rings. The molecule has 0 amide bonds. The fourth-order valence-corrected chi connectivity index (χ4v) is 5.64. The van der Waals surface area contributed by atoms with Crippen molar-refractivity contribution in [3.8, 4) is 0 Å². The van der Waals surface area contributed by atoms with Crippen molar-refractivity contribution >= 4 is 31.5 Å². The lowest BCUT2D eigenvalue weighted by molar-refractivity contribution is 0.528. The minimum atomic E-state index is -3.94. The van der Waals surface area contributed by atoms with E-state index in [1.165, 1.54) is 18.2 Å². The van der Waals surface area contributed by atoms with E-state index in [9.17, 15) is 16.8 Å². The van der Waals surface area contributed by atoms with Crippen molar-refractivity contribution in [3.05, 3.63) is 64.7 Å². The van der Waals surface area contributed by atoms with E-state index >= 15 is 0 Å². The highest BCUT2D eigenvalue weighted by molar-refractivity contribution is 7.90. The van der Waals surface area contributed by atoms with Crippen LogP contribution in [0.5, 0.6) is 0 Å². The zero-order chi connectivity index (χ0) is 18.9. The molecule has 26 heavy (non-hydrogen) atoms. The van der Waals surface area contributed by atoms with E-state index in [1.807, 2.05) is 30.3 Å². The van der Waals surface area contributed by atoms with Crippen LogP contribution in [-0.4, -0.2) is 23.1 Å². The lowest BCUT2D eigenvalue weighted by Gasteiger charge is -2.20. The van der Waals surface area contributed by atoms with Crippen molar-refractivity contribution < 1.29 is 16.8 Å². The Balaban J connectivity index is 1.98. The van der Waals surface area contributed by atoms with Crippen LogP contribution in [0.2, 0.25) is 5.02 Å². The molecule has 140 valence electrons. The standard InChI is InChI=1S/C18H20ClNO4S2/c1-25(21,22)12-15-9-10-16(19)11-17(15)26(23,24)20-18(14-7-8-14)13-5-3-2-4-6-13/h2-6,9-11,14,18,20H,7-8,12H2,1H3/t18-/m1/s1. The molecule has 1 N–H and O–H groups in total. The molecule has 0 aromatic heterocycles. The van der Waals surface area contributed by atoms with Crippen molar-refractivity contribution in [2.24, 2.45) is 5.92 Å². The largest absolute Gasteiger partial charge is 0.241 e. The predicted octanol–water partition coefficient (Wildman–Crippen LogP) is 3.31. The molecule has 2 aromatic rings. The summed E-state index contributed by atoms with van der Waals surface area (Å²) in [6, 6.07) is 13.3. The summed E-state index contributed by atoms with van der Waals surface area (Å²) >= 11 is 5.98. The molecular formula is C18H20ClNO4S2. The van der Waals surface area contributed by atoms with Crippen molar-refractivity contribution in [2.75, 3.05) is 6.26 Å². The molecule has 3 rings (SSSR count). The van der Waals surface area contributed by atoms with Crippen LogP contribution in [-0.2, 0) is 25.6 Å². The van der Waals surface area contributed by atoms with Gasteiger partial charge in [-0.25, -0.2) is 21.6 Å². The highest BCUT2D eigenvalue weighted by Crippen LogP contribution is 2.42. The Morgan fingerprint density at radius 2 is 1.73 bits per heavy atom. The average Bonchev–Trinajstić information content (AvgIpc) is 3.39. The number of sulfone groups is 1. The number of sulfonamides is 1. The summed E-state index contributed by atoms with van der Waals surface area (Å²) in [5.74, 6) is -0.121. The highest BCUT2D eigenvalue weighted by atomic mass is 35.5. The maximum atomic E-state index is 13.0. The van der Waals surface area contributed by atoms with Gasteiger partial charge in [0.25, 0.3) is 0 Å². The van der Waals surface area contributed by atoms with Crippen molar-refractivity contribution in [3.63, 3.8) is 0 Å². The van der Waals surface area contributed by atoms with E-state index in [-0.39, 0.29) is 33.2 Å². The molecule has 5 nitrogen and oxygen atoms in total. The molecule has 8 heteroatoms. The Kier molecular flexibility index (Phi) is 5.44. The first-order chi connectivity index (χ1) is 12.2. The highest BCUT2D eigenvalue weighted by Gasteiger charge is 2.36. The molecule has 2 aromatic carbocycles. The van der Waals surface area contributed by atoms with Crippen LogP contribution in [0.15, 0.2) is 53.4 Å². The van der Waals surface area contributed by atoms with Gasteiger partial charge in [0.05, 0.1) is 10.6 Å². The minimum Gasteiger partial charge on any atom is -0.229 e. The van der Waals surface area contributed by atoms with Gasteiger partial charge in [0.1, 0.15) is 0 Å². The van der Waals surface area contributed by atoms with Gasteiger partial charge in [0.2, 0.25) is 10.0 Å². The van der Waals surface area contributed by atoms with Crippen molar-refractivity contribution in [1.29, 1.82) is 0 Å². The first kappa shape index (κ1) is 19.4. The zero-order valence-electron chi connectivity index (χ0n) is 14.2. The molecule has 0 aliphatic heterocycles. The van der Waals surface area contributed by atoms with E-state index in [0.29, 0.717) is 0 Å². The molecule has 1 atom stereocenters. The summed E-state index contributed by atoms with van der Waals surface area (Å²) in [5.41, 5.74) is 1.11. The normalized spacial score (nSPS) is 16.4. The van der Waals surface area contributed by atoms with Gasteiger partial charge in [-0.15, -0.1) is 0 Å². The van der Waals surface area contributed by atoms with E-state index in [1.54, 1.807) is 0 Å². The van der Waals surface area contributed by atoms with Crippen LogP contribution < -0.4 is 4.72 Å². The maximum Gasteiger partial charge on any atom is 0.241 e. The molecular weight excluding hydrogens is 394 g/mol. The van der Waals surface area contributed by atoms with E-state index in [0.717, 1.165) is 24.7 Å². The summed E-state index contributed by atoms with van der Waals surface area (Å²) in [6.45, 7) is 0. The second-order valence-electron chi connectivity index (χ2n) is 6.67. The van der Waals surface area contributed by atoms with E-state index in [4.69, 9.17) is 11.6 Å². The Bertz CT molecular complexity index is 1000. The summed E-state index contributed by atoms with van der Waals surface area (Å²) in [5, 5.41) is 0.241. The van der Waals surface area contributed by atoms with Gasteiger partial charge in [0, 0.05) is 17.3 Å². The number of nitrogens with one attached hydrogen (secondary N) is 1. The predicted molar refractivity (Wildman–Crippen MR) is 102 cm³/mol. The summed E-state index contributed by atoms with van der Waals surface area (Å²) < 4.78 is 52.2. The molecule has 1 saturated carbocycles. The molecule has 1 fully saturated rings. The summed E-state index contributed by atoms with van der Waals surface area (Å²) in [4.78, 5) is -0.0861. The zero-order valence-corrected chi connectivity index (χ0v) is 16.6. The van der Waals surface area contributed by atoms with Gasteiger partial charge < -0.3 is 0 Å². The van der Waals surface area contributed by atoms with Gasteiger partial charge in [-0.1, -0.05) is 48.0 Å². The fraction of sp³-hybridized carbons (Fsp3) is 0.333. The summed E-state index contributed by atoms with van der Waals surface area (Å²) in [7, 11) is -7.33. The average molecular weight is 414 g/mol. The smallest absolute Gasteiger partial charge is 0.229 e. The van der Waals surface area contributed by atoms with Crippen LogP contribution in [0.25, 0.3) is 0 Å². The summed E-state index contributed by atoms with van der Waals surface area (Å²) in [6.07, 6.45) is 2.98. The second-order valence-corrected chi connectivity index (χ2v) is 10.9. The lowest BCUT2D eigenvalue weighted by Crippen LogP contribution is -2.31. The third-order valence-corrected chi connectivity index (χ3v) is 6.86.